The molecule has 31 heavy (non-hydrogen) atoms. The minimum Gasteiger partial charge on any atom is -0.492 e. The van der Waals surface area contributed by atoms with Gasteiger partial charge in [-0.1, -0.05) is 42.5 Å². The molecule has 1 aromatic heterocycles. The van der Waals surface area contributed by atoms with Gasteiger partial charge >= 0.3 is 0 Å². The summed E-state index contributed by atoms with van der Waals surface area (Å²) in [6, 6.07) is 17.5. The third kappa shape index (κ3) is 5.72. The number of morpholine rings is 1. The van der Waals surface area contributed by atoms with Crippen molar-refractivity contribution in [1.29, 1.82) is 0 Å². The van der Waals surface area contributed by atoms with Gasteiger partial charge in [0.05, 0.1) is 17.7 Å². The first-order valence-electron chi connectivity index (χ1n) is 10.3. The van der Waals surface area contributed by atoms with Gasteiger partial charge in [-0.2, -0.15) is 5.10 Å². The molecule has 7 nitrogen and oxygen atoms in total. The summed E-state index contributed by atoms with van der Waals surface area (Å²) in [5, 5.41) is 10.1. The molecule has 162 valence electrons. The molecule has 0 radical (unpaired) electrons. The number of hydrogen-bond acceptors (Lipinski definition) is 5. The second-order valence-corrected chi connectivity index (χ2v) is 8.05. The average Bonchev–Trinajstić information content (AvgIpc) is 3.20. The van der Waals surface area contributed by atoms with Gasteiger partial charge in [-0.25, -0.2) is 0 Å². The lowest BCUT2D eigenvalue weighted by Gasteiger charge is -2.26. The highest BCUT2D eigenvalue weighted by molar-refractivity contribution is 9.10. The number of rotatable bonds is 8. The van der Waals surface area contributed by atoms with Crippen LogP contribution in [0, 0.1) is 0 Å². The lowest BCUT2D eigenvalue weighted by Crippen LogP contribution is -2.38. The highest BCUT2D eigenvalue weighted by Gasteiger charge is 2.18. The smallest absolute Gasteiger partial charge is 0.270 e. The van der Waals surface area contributed by atoms with Crippen molar-refractivity contribution in [3.05, 3.63) is 70.3 Å². The van der Waals surface area contributed by atoms with Crippen LogP contribution in [0.2, 0.25) is 0 Å². The van der Waals surface area contributed by atoms with Crippen molar-refractivity contribution in [1.82, 2.24) is 20.4 Å². The van der Waals surface area contributed by atoms with Gasteiger partial charge in [-0.05, 0) is 33.6 Å². The van der Waals surface area contributed by atoms with E-state index >= 15 is 0 Å². The second-order valence-electron chi connectivity index (χ2n) is 7.26. The molecule has 0 bridgehead atoms. The van der Waals surface area contributed by atoms with Crippen molar-refractivity contribution >= 4 is 21.8 Å². The Morgan fingerprint density at radius 1 is 1.16 bits per heavy atom. The van der Waals surface area contributed by atoms with Crippen LogP contribution in [0.1, 0.15) is 16.1 Å². The minimum absolute atomic E-state index is 0.222. The Morgan fingerprint density at radius 2 is 1.97 bits per heavy atom. The highest BCUT2D eigenvalue weighted by atomic mass is 79.9. The second kappa shape index (κ2) is 10.6. The Labute approximate surface area is 189 Å². The van der Waals surface area contributed by atoms with Crippen LogP contribution in [0.25, 0.3) is 11.3 Å². The first-order chi connectivity index (χ1) is 15.2. The summed E-state index contributed by atoms with van der Waals surface area (Å²) < 4.78 is 11.9. The van der Waals surface area contributed by atoms with Crippen LogP contribution in [0.5, 0.6) is 5.75 Å². The molecular weight excluding hydrogens is 460 g/mol. The number of nitrogens with one attached hydrogen (secondary N) is 2. The van der Waals surface area contributed by atoms with Crippen molar-refractivity contribution in [2.24, 2.45) is 0 Å². The lowest BCUT2D eigenvalue weighted by molar-refractivity contribution is 0.0322. The van der Waals surface area contributed by atoms with Crippen LogP contribution in [-0.2, 0) is 11.3 Å². The number of nitrogens with zero attached hydrogens (tertiary/aromatic N) is 2. The zero-order valence-corrected chi connectivity index (χ0v) is 18.7. The third-order valence-corrected chi connectivity index (χ3v) is 5.88. The fraction of sp³-hybridized carbons (Fsp3) is 0.304. The molecule has 4 rings (SSSR count). The van der Waals surface area contributed by atoms with Crippen LogP contribution < -0.4 is 10.1 Å². The molecule has 2 aromatic carbocycles. The van der Waals surface area contributed by atoms with Crippen LogP contribution in [0.15, 0.2) is 59.1 Å². The molecule has 0 aliphatic carbocycles. The molecule has 8 heteroatoms. The largest absolute Gasteiger partial charge is 0.492 e. The Hall–Kier alpha value is -2.68. The first kappa shape index (κ1) is 21.5. The van der Waals surface area contributed by atoms with Crippen molar-refractivity contribution in [2.75, 3.05) is 39.5 Å². The normalized spacial score (nSPS) is 14.4. The molecule has 3 aromatic rings. The number of ether oxygens (including phenoxy) is 2. The van der Waals surface area contributed by atoms with E-state index in [4.69, 9.17) is 9.47 Å². The van der Waals surface area contributed by atoms with Crippen molar-refractivity contribution in [3.63, 3.8) is 0 Å². The van der Waals surface area contributed by atoms with E-state index < -0.39 is 0 Å². The van der Waals surface area contributed by atoms with Gasteiger partial charge in [0.25, 0.3) is 5.91 Å². The molecule has 0 spiro atoms. The first-order valence-corrected chi connectivity index (χ1v) is 11.1. The molecule has 0 atom stereocenters. The molecule has 2 heterocycles. The summed E-state index contributed by atoms with van der Waals surface area (Å²) in [6.07, 6.45) is 0. The number of halogens is 1. The fourth-order valence-corrected chi connectivity index (χ4v) is 3.99. The van der Waals surface area contributed by atoms with E-state index in [0.29, 0.717) is 29.0 Å². The number of benzene rings is 2. The zero-order chi connectivity index (χ0) is 21.5. The highest BCUT2D eigenvalue weighted by Crippen LogP contribution is 2.28. The predicted octanol–water partition coefficient (Wildman–Crippen LogP) is 3.48. The van der Waals surface area contributed by atoms with E-state index in [0.717, 1.165) is 49.7 Å². The number of aromatic amines is 1. The number of H-pyrrole nitrogens is 1. The van der Waals surface area contributed by atoms with Crippen LogP contribution in [-0.4, -0.2) is 60.5 Å². The van der Waals surface area contributed by atoms with Crippen molar-refractivity contribution < 1.29 is 14.3 Å². The molecule has 1 aliphatic rings. The monoisotopic (exact) mass is 484 g/mol. The van der Waals surface area contributed by atoms with Gasteiger partial charge in [0, 0.05) is 31.7 Å². The van der Waals surface area contributed by atoms with Crippen LogP contribution in [0.4, 0.5) is 0 Å². The zero-order valence-electron chi connectivity index (χ0n) is 17.1. The van der Waals surface area contributed by atoms with Gasteiger partial charge in [-0.15, -0.1) is 0 Å². The van der Waals surface area contributed by atoms with E-state index in [9.17, 15) is 4.79 Å². The molecule has 2 N–H and O–H groups in total. The van der Waals surface area contributed by atoms with Gasteiger partial charge < -0.3 is 14.8 Å². The van der Waals surface area contributed by atoms with Crippen molar-refractivity contribution in [3.8, 4) is 17.0 Å². The lowest BCUT2D eigenvalue weighted by atomic mass is 10.1. The Balaban J connectivity index is 1.30. The predicted molar refractivity (Wildman–Crippen MR) is 122 cm³/mol. The Morgan fingerprint density at radius 3 is 2.77 bits per heavy atom. The summed E-state index contributed by atoms with van der Waals surface area (Å²) >= 11 is 3.50. The molecule has 1 amide bonds. The van der Waals surface area contributed by atoms with E-state index in [1.54, 1.807) is 0 Å². The number of amides is 1. The number of carbonyl (C=O) groups is 1. The maximum atomic E-state index is 12.7. The van der Waals surface area contributed by atoms with Crippen LogP contribution in [0.3, 0.4) is 0 Å². The van der Waals surface area contributed by atoms with Crippen molar-refractivity contribution in [2.45, 2.75) is 6.54 Å². The van der Waals surface area contributed by atoms with E-state index in [1.807, 2.05) is 54.6 Å². The summed E-state index contributed by atoms with van der Waals surface area (Å²) in [6.45, 7) is 5.37. The Kier molecular flexibility index (Phi) is 7.35. The maximum Gasteiger partial charge on any atom is 0.270 e. The van der Waals surface area contributed by atoms with E-state index in [2.05, 4.69) is 36.3 Å². The quantitative estimate of drug-likeness (QED) is 0.511. The molecule has 0 saturated carbocycles. The number of aromatic nitrogens is 2. The summed E-state index contributed by atoms with van der Waals surface area (Å²) in [7, 11) is 0. The summed E-state index contributed by atoms with van der Waals surface area (Å²) in [4.78, 5) is 15.0. The molecule has 1 aliphatic heterocycles. The van der Waals surface area contributed by atoms with Gasteiger partial charge in [0.1, 0.15) is 23.7 Å². The fourth-order valence-electron chi connectivity index (χ4n) is 3.40. The van der Waals surface area contributed by atoms with Gasteiger partial charge in [0.15, 0.2) is 0 Å². The summed E-state index contributed by atoms with van der Waals surface area (Å²) in [5.74, 6) is 0.578. The average molecular weight is 485 g/mol. The van der Waals surface area contributed by atoms with Gasteiger partial charge in [-0.3, -0.25) is 14.8 Å². The van der Waals surface area contributed by atoms with E-state index in [-0.39, 0.29) is 5.91 Å². The Bertz CT molecular complexity index is 1000. The molecule has 0 unspecified atom stereocenters. The van der Waals surface area contributed by atoms with Gasteiger partial charge in [0.2, 0.25) is 0 Å². The minimum atomic E-state index is -0.222. The third-order valence-electron chi connectivity index (χ3n) is 5.11. The molecular formula is C23H25BrN4O3. The van der Waals surface area contributed by atoms with E-state index in [1.165, 1.54) is 0 Å². The number of hydrogen-bond donors (Lipinski definition) is 2. The number of carbonyl (C=O) groups excluding carboxylic acids is 1. The standard InChI is InChI=1S/C23H25BrN4O3/c24-20-21(18-6-2-1-3-7-18)26-27-22(20)23(29)25-16-17-5-4-8-19(15-17)31-14-11-28-9-12-30-13-10-28/h1-8,15H,9-14,16H2,(H,25,29)(H,26,27). The molecule has 1 fully saturated rings. The van der Waals surface area contributed by atoms with Crippen LogP contribution >= 0.6 is 15.9 Å². The topological polar surface area (TPSA) is 79.5 Å². The summed E-state index contributed by atoms with van der Waals surface area (Å²) in [5.41, 5.74) is 3.01. The maximum absolute atomic E-state index is 12.7. The molecule has 1 saturated heterocycles. The SMILES string of the molecule is O=C(NCc1cccc(OCCN2CCOCC2)c1)c1[nH]nc(-c2ccccc2)c1Br.